The molecule has 80 valence electrons. The summed E-state index contributed by atoms with van der Waals surface area (Å²) in [4.78, 5) is 13.2. The van der Waals surface area contributed by atoms with Gasteiger partial charge in [-0.2, -0.15) is 0 Å². The van der Waals surface area contributed by atoms with Crippen molar-refractivity contribution < 1.29 is 4.79 Å². The van der Waals surface area contributed by atoms with E-state index in [1.54, 1.807) is 11.8 Å². The Bertz CT molecular complexity index is 341. The van der Waals surface area contributed by atoms with Gasteiger partial charge in [-0.05, 0) is 31.4 Å². The molecule has 0 radical (unpaired) electrons. The number of ketones is 1. The molecule has 1 N–H and O–H groups in total. The van der Waals surface area contributed by atoms with E-state index in [1.807, 2.05) is 30.5 Å². The predicted molar refractivity (Wildman–Crippen MR) is 63.5 cm³/mol. The second kappa shape index (κ2) is 4.81. The van der Waals surface area contributed by atoms with Crippen LogP contribution in [-0.2, 0) is 0 Å². The van der Waals surface area contributed by atoms with Crippen LogP contribution in [0.3, 0.4) is 0 Å². The van der Waals surface area contributed by atoms with Crippen molar-refractivity contribution in [2.75, 3.05) is 19.3 Å². The van der Waals surface area contributed by atoms with E-state index in [0.29, 0.717) is 0 Å². The second-order valence-electron chi connectivity index (χ2n) is 3.78. The van der Waals surface area contributed by atoms with Gasteiger partial charge in [0.25, 0.3) is 0 Å². The van der Waals surface area contributed by atoms with Crippen LogP contribution in [0.15, 0.2) is 29.2 Å². The molecule has 0 aromatic heterocycles. The highest BCUT2D eigenvalue weighted by Crippen LogP contribution is 2.19. The number of hydrogen-bond donors (Lipinski definition) is 1. The SMILES string of the molecule is CSc1ccc(C(=O)C2CCNC2)cc1. The highest BCUT2D eigenvalue weighted by molar-refractivity contribution is 7.98. The van der Waals surface area contributed by atoms with Crippen molar-refractivity contribution in [1.82, 2.24) is 5.32 Å². The van der Waals surface area contributed by atoms with Gasteiger partial charge < -0.3 is 5.32 Å². The van der Waals surface area contributed by atoms with Gasteiger partial charge in [-0.15, -0.1) is 11.8 Å². The molecule has 0 amide bonds. The van der Waals surface area contributed by atoms with Crippen LogP contribution in [0.5, 0.6) is 0 Å². The first kappa shape index (κ1) is 10.7. The number of Topliss-reactive ketones (excluding diaryl/α,β-unsaturated/α-hetero) is 1. The largest absolute Gasteiger partial charge is 0.316 e. The van der Waals surface area contributed by atoms with E-state index in [-0.39, 0.29) is 11.7 Å². The molecule has 3 heteroatoms. The summed E-state index contributed by atoms with van der Waals surface area (Å²) in [5.41, 5.74) is 0.849. The summed E-state index contributed by atoms with van der Waals surface area (Å²) in [6, 6.07) is 7.90. The zero-order valence-corrected chi connectivity index (χ0v) is 9.64. The standard InChI is InChI=1S/C12H15NOS/c1-15-11-4-2-9(3-5-11)12(14)10-6-7-13-8-10/h2-5,10,13H,6-8H2,1H3. The molecular weight excluding hydrogens is 206 g/mol. The van der Waals surface area contributed by atoms with Gasteiger partial charge in [-0.1, -0.05) is 12.1 Å². The van der Waals surface area contributed by atoms with Crippen LogP contribution in [0.2, 0.25) is 0 Å². The van der Waals surface area contributed by atoms with Gasteiger partial charge in [0.15, 0.2) is 5.78 Å². The van der Waals surface area contributed by atoms with Crippen molar-refractivity contribution in [2.45, 2.75) is 11.3 Å². The lowest BCUT2D eigenvalue weighted by atomic mass is 9.97. The number of rotatable bonds is 3. The maximum atomic E-state index is 12.0. The molecule has 1 aliphatic rings. The van der Waals surface area contributed by atoms with Crippen LogP contribution in [-0.4, -0.2) is 25.1 Å². The zero-order chi connectivity index (χ0) is 10.7. The Morgan fingerprint density at radius 3 is 2.67 bits per heavy atom. The molecule has 1 unspecified atom stereocenters. The van der Waals surface area contributed by atoms with Gasteiger partial charge >= 0.3 is 0 Å². The Kier molecular flexibility index (Phi) is 3.44. The highest BCUT2D eigenvalue weighted by Gasteiger charge is 2.23. The lowest BCUT2D eigenvalue weighted by Crippen LogP contribution is -2.17. The van der Waals surface area contributed by atoms with Crippen LogP contribution in [0.25, 0.3) is 0 Å². The Balaban J connectivity index is 2.11. The quantitative estimate of drug-likeness (QED) is 0.626. The van der Waals surface area contributed by atoms with Gasteiger partial charge in [-0.3, -0.25) is 4.79 Å². The third-order valence-electron chi connectivity index (χ3n) is 2.81. The van der Waals surface area contributed by atoms with Crippen molar-refractivity contribution in [3.8, 4) is 0 Å². The molecule has 0 bridgehead atoms. The number of carbonyl (C=O) groups is 1. The lowest BCUT2D eigenvalue weighted by molar-refractivity contribution is 0.0930. The Labute approximate surface area is 94.4 Å². The molecule has 1 aromatic carbocycles. The number of carbonyl (C=O) groups excluding carboxylic acids is 1. The molecule has 0 aliphatic carbocycles. The third-order valence-corrected chi connectivity index (χ3v) is 3.55. The molecular formula is C12H15NOS. The molecule has 0 saturated carbocycles. The van der Waals surface area contributed by atoms with Crippen LogP contribution in [0.1, 0.15) is 16.8 Å². The van der Waals surface area contributed by atoms with Gasteiger partial charge in [0.1, 0.15) is 0 Å². The van der Waals surface area contributed by atoms with E-state index in [1.165, 1.54) is 4.90 Å². The molecule has 1 aromatic rings. The second-order valence-corrected chi connectivity index (χ2v) is 4.66. The summed E-state index contributed by atoms with van der Waals surface area (Å²) >= 11 is 1.70. The zero-order valence-electron chi connectivity index (χ0n) is 8.82. The van der Waals surface area contributed by atoms with E-state index < -0.39 is 0 Å². The lowest BCUT2D eigenvalue weighted by Gasteiger charge is -2.07. The number of nitrogens with one attached hydrogen (secondary N) is 1. The summed E-state index contributed by atoms with van der Waals surface area (Å²) in [6.07, 6.45) is 3.01. The molecule has 2 nitrogen and oxygen atoms in total. The molecule has 1 atom stereocenters. The number of benzene rings is 1. The van der Waals surface area contributed by atoms with Crippen LogP contribution in [0, 0.1) is 5.92 Å². The minimum absolute atomic E-state index is 0.185. The molecule has 1 aliphatic heterocycles. The fourth-order valence-electron chi connectivity index (χ4n) is 1.87. The van der Waals surface area contributed by atoms with Gasteiger partial charge in [0.05, 0.1) is 0 Å². The first-order valence-corrected chi connectivity index (χ1v) is 6.42. The smallest absolute Gasteiger partial charge is 0.167 e. The minimum Gasteiger partial charge on any atom is -0.316 e. The Morgan fingerprint density at radius 2 is 2.13 bits per heavy atom. The summed E-state index contributed by atoms with van der Waals surface area (Å²) in [5, 5.41) is 3.22. The van der Waals surface area contributed by atoms with Crippen molar-refractivity contribution in [1.29, 1.82) is 0 Å². The fraction of sp³-hybridized carbons (Fsp3) is 0.417. The van der Waals surface area contributed by atoms with E-state index >= 15 is 0 Å². The average Bonchev–Trinajstić information content (AvgIpc) is 2.82. The maximum absolute atomic E-state index is 12.0. The molecule has 1 heterocycles. The molecule has 1 saturated heterocycles. The van der Waals surface area contributed by atoms with Crippen molar-refractivity contribution in [2.24, 2.45) is 5.92 Å². The van der Waals surface area contributed by atoms with Crippen LogP contribution in [0.4, 0.5) is 0 Å². The third kappa shape index (κ3) is 2.41. The van der Waals surface area contributed by atoms with Crippen molar-refractivity contribution in [3.63, 3.8) is 0 Å². The number of thioether (sulfide) groups is 1. The first-order valence-electron chi connectivity index (χ1n) is 5.20. The highest BCUT2D eigenvalue weighted by atomic mass is 32.2. The molecule has 15 heavy (non-hydrogen) atoms. The number of hydrogen-bond acceptors (Lipinski definition) is 3. The van der Waals surface area contributed by atoms with Crippen molar-refractivity contribution in [3.05, 3.63) is 29.8 Å². The summed E-state index contributed by atoms with van der Waals surface area (Å²) in [5.74, 6) is 0.470. The Hall–Kier alpha value is -0.800. The van der Waals surface area contributed by atoms with E-state index in [4.69, 9.17) is 0 Å². The summed E-state index contributed by atoms with van der Waals surface area (Å²) < 4.78 is 0. The Morgan fingerprint density at radius 1 is 1.40 bits per heavy atom. The molecule has 2 rings (SSSR count). The van der Waals surface area contributed by atoms with Gasteiger partial charge in [0.2, 0.25) is 0 Å². The van der Waals surface area contributed by atoms with E-state index in [2.05, 4.69) is 5.32 Å². The molecule has 0 spiro atoms. The van der Waals surface area contributed by atoms with E-state index in [9.17, 15) is 4.79 Å². The maximum Gasteiger partial charge on any atom is 0.167 e. The van der Waals surface area contributed by atoms with Gasteiger partial charge in [-0.25, -0.2) is 0 Å². The summed E-state index contributed by atoms with van der Waals surface area (Å²) in [7, 11) is 0. The van der Waals surface area contributed by atoms with Gasteiger partial charge in [0, 0.05) is 22.9 Å². The summed E-state index contributed by atoms with van der Waals surface area (Å²) in [6.45, 7) is 1.81. The van der Waals surface area contributed by atoms with Crippen LogP contribution < -0.4 is 5.32 Å². The van der Waals surface area contributed by atoms with Crippen molar-refractivity contribution >= 4 is 17.5 Å². The monoisotopic (exact) mass is 221 g/mol. The molecule has 1 fully saturated rings. The van der Waals surface area contributed by atoms with Crippen LogP contribution >= 0.6 is 11.8 Å². The topological polar surface area (TPSA) is 29.1 Å². The normalized spacial score (nSPS) is 20.5. The average molecular weight is 221 g/mol. The fourth-order valence-corrected chi connectivity index (χ4v) is 2.28. The predicted octanol–water partition coefficient (Wildman–Crippen LogP) is 2.20. The first-order chi connectivity index (χ1) is 7.31. The minimum atomic E-state index is 0.185. The van der Waals surface area contributed by atoms with E-state index in [0.717, 1.165) is 25.1 Å².